The molecule has 2 aliphatic heterocycles. The van der Waals surface area contributed by atoms with Gasteiger partial charge in [-0.2, -0.15) is 0 Å². The van der Waals surface area contributed by atoms with Crippen molar-refractivity contribution < 1.29 is 39.0 Å². The highest BCUT2D eigenvalue weighted by Gasteiger charge is 2.57. The van der Waals surface area contributed by atoms with E-state index >= 15 is 0 Å². The van der Waals surface area contributed by atoms with Crippen LogP contribution in [0.5, 0.6) is 0 Å². The van der Waals surface area contributed by atoms with Crippen LogP contribution in [0.4, 0.5) is 5.13 Å². The maximum Gasteiger partial charge on any atom is 0.325 e. The van der Waals surface area contributed by atoms with E-state index in [0.29, 0.717) is 6.41 Å². The monoisotopic (exact) mass is 655 g/mol. The quantitative estimate of drug-likeness (QED) is 0.0450. The molecule has 0 spiro atoms. The smallest absolute Gasteiger partial charge is 0.325 e. The number of nitrogens with zero attached hydrogens (tertiary/aromatic N) is 7. The van der Waals surface area contributed by atoms with Crippen LogP contribution in [0.2, 0.25) is 0 Å². The Morgan fingerprint density at radius 1 is 1.30 bits per heavy atom. The summed E-state index contributed by atoms with van der Waals surface area (Å²) in [5.41, 5.74) is -1.36. The van der Waals surface area contributed by atoms with Crippen molar-refractivity contribution in [3.05, 3.63) is 11.1 Å². The van der Waals surface area contributed by atoms with Gasteiger partial charge in [-0.15, -0.1) is 28.2 Å². The van der Waals surface area contributed by atoms with Crippen LogP contribution in [-0.4, -0.2) is 112 Å². The highest BCUT2D eigenvalue weighted by Crippen LogP contribution is 2.44. The van der Waals surface area contributed by atoms with E-state index in [1.807, 2.05) is 0 Å². The van der Waals surface area contributed by atoms with Crippen molar-refractivity contribution in [3.63, 3.8) is 0 Å². The minimum absolute atomic E-state index is 0.0176. The van der Waals surface area contributed by atoms with Gasteiger partial charge in [-0.25, -0.2) is 9.67 Å². The number of nitrogens with one attached hydrogen (secondary N) is 2. The van der Waals surface area contributed by atoms with Crippen LogP contribution >= 0.6 is 34.9 Å². The van der Waals surface area contributed by atoms with Crippen molar-refractivity contribution in [2.45, 2.75) is 55.7 Å². The predicted molar refractivity (Wildman–Crippen MR) is 155 cm³/mol. The van der Waals surface area contributed by atoms with Gasteiger partial charge in [0.25, 0.3) is 5.91 Å². The first kappa shape index (κ1) is 32.1. The van der Waals surface area contributed by atoms with E-state index < -0.39 is 47.1 Å². The number of aromatic nitrogens is 5. The zero-order valence-electron chi connectivity index (χ0n) is 22.9. The van der Waals surface area contributed by atoms with E-state index in [9.17, 15) is 29.1 Å². The molecule has 0 bridgehead atoms. The third kappa shape index (κ3) is 7.60. The molecular formula is C23H29N9O8S3. The van der Waals surface area contributed by atoms with Crippen LogP contribution in [0.3, 0.4) is 0 Å². The van der Waals surface area contributed by atoms with Crippen molar-refractivity contribution in [1.82, 2.24) is 35.4 Å². The molecule has 4 rings (SSSR count). The molecule has 2 fully saturated rings. The molecule has 2 aromatic rings. The minimum atomic E-state index is -1.36. The zero-order valence-corrected chi connectivity index (χ0v) is 25.3. The van der Waals surface area contributed by atoms with E-state index in [1.54, 1.807) is 0 Å². The number of carbonyl (C=O) groups excluding carboxylic acids is 3. The summed E-state index contributed by atoms with van der Waals surface area (Å²) in [6.45, 7) is 1.77. The number of amides is 3. The average molecular weight is 656 g/mol. The van der Waals surface area contributed by atoms with Crippen LogP contribution in [-0.2, 0) is 35.4 Å². The number of thiazole rings is 1. The van der Waals surface area contributed by atoms with Crippen molar-refractivity contribution >= 4 is 75.9 Å². The SMILES string of the molecule is CCCCCCON=C(C(=O)NC1C(=O)N2CC(CSc3nnnn3CC(=O)O)(C(=O)O)CS[C@H]12)c1csc(NC=O)n1. The van der Waals surface area contributed by atoms with Crippen LogP contribution < -0.4 is 10.6 Å². The molecule has 232 valence electrons. The first-order valence-corrected chi connectivity index (χ1v) is 16.0. The number of rotatable bonds is 17. The molecule has 0 radical (unpaired) electrons. The van der Waals surface area contributed by atoms with Gasteiger partial charge in [-0.05, 0) is 23.3 Å². The third-order valence-corrected chi connectivity index (χ3v) is 10.1. The fraction of sp³-hybridized carbons (Fsp3) is 0.565. The standard InChI is InChI=1S/C23H29N9O8S3/c1-2-3-4-5-6-40-28-15(13-8-41-21(25-13)24-12-33)17(36)26-16-18(37)31-9-23(20(38)39,10-42-19(16)31)11-43-22-27-29-30-32(22)7-14(34)35/h8,12,16,19H,2-7,9-11H2,1H3,(H,26,36)(H,34,35)(H,38,39)(H,24,25,33)/t16?,19-,23?/m1/s1. The molecule has 2 unspecified atom stereocenters. The van der Waals surface area contributed by atoms with Gasteiger partial charge in [0.2, 0.25) is 17.5 Å². The molecule has 0 aromatic carbocycles. The molecule has 2 aliphatic rings. The summed E-state index contributed by atoms with van der Waals surface area (Å²) in [6.07, 6.45) is 4.23. The lowest BCUT2D eigenvalue weighted by Gasteiger charge is -2.53. The third-order valence-electron chi connectivity index (χ3n) is 6.54. The van der Waals surface area contributed by atoms with Gasteiger partial charge in [0.05, 0.1) is 0 Å². The van der Waals surface area contributed by atoms with E-state index in [-0.39, 0.29) is 46.4 Å². The van der Waals surface area contributed by atoms with Gasteiger partial charge in [0.15, 0.2) is 10.8 Å². The lowest BCUT2D eigenvalue weighted by molar-refractivity contribution is -0.157. The van der Waals surface area contributed by atoms with E-state index in [1.165, 1.54) is 22.0 Å². The molecule has 2 saturated heterocycles. The molecule has 2 aromatic heterocycles. The van der Waals surface area contributed by atoms with Gasteiger partial charge in [-0.3, -0.25) is 24.0 Å². The predicted octanol–water partition coefficient (Wildman–Crippen LogP) is 0.347. The summed E-state index contributed by atoms with van der Waals surface area (Å²) in [5, 5.41) is 40.5. The largest absolute Gasteiger partial charge is 0.481 e. The lowest BCUT2D eigenvalue weighted by atomic mass is 9.89. The second-order valence-electron chi connectivity index (χ2n) is 9.64. The summed E-state index contributed by atoms with van der Waals surface area (Å²) in [7, 11) is 0. The summed E-state index contributed by atoms with van der Waals surface area (Å²) in [5.74, 6) is -3.35. The van der Waals surface area contributed by atoms with Crippen molar-refractivity contribution in [3.8, 4) is 0 Å². The number of hydrogen-bond donors (Lipinski definition) is 4. The van der Waals surface area contributed by atoms with E-state index in [4.69, 9.17) is 9.94 Å². The van der Waals surface area contributed by atoms with Gasteiger partial charge >= 0.3 is 11.9 Å². The second kappa shape index (κ2) is 14.6. The number of carboxylic acid groups (broad SMARTS) is 2. The Balaban J connectivity index is 1.41. The second-order valence-corrected chi connectivity index (χ2v) is 12.5. The maximum atomic E-state index is 13.3. The number of unbranched alkanes of at least 4 members (excludes halogenated alkanes) is 3. The molecule has 0 saturated carbocycles. The lowest BCUT2D eigenvalue weighted by Crippen LogP contribution is -2.74. The Morgan fingerprint density at radius 2 is 2.12 bits per heavy atom. The highest BCUT2D eigenvalue weighted by atomic mass is 32.2. The molecule has 3 amide bonds. The topological polar surface area (TPSA) is 231 Å². The molecule has 4 heterocycles. The Kier molecular flexibility index (Phi) is 10.9. The number of carbonyl (C=O) groups is 5. The summed E-state index contributed by atoms with van der Waals surface area (Å²) >= 11 is 3.29. The molecule has 20 heteroatoms. The van der Waals surface area contributed by atoms with Gasteiger partial charge in [-0.1, -0.05) is 36.7 Å². The minimum Gasteiger partial charge on any atom is -0.481 e. The van der Waals surface area contributed by atoms with Crippen molar-refractivity contribution in [1.29, 1.82) is 0 Å². The van der Waals surface area contributed by atoms with E-state index in [0.717, 1.165) is 53.5 Å². The fourth-order valence-electron chi connectivity index (χ4n) is 4.25. The normalized spacial score (nSPS) is 21.5. The van der Waals surface area contributed by atoms with Crippen LogP contribution in [0, 0.1) is 5.41 Å². The molecule has 3 atom stereocenters. The van der Waals surface area contributed by atoms with Crippen LogP contribution in [0.1, 0.15) is 38.3 Å². The number of carboxylic acids is 2. The molecular weight excluding hydrogens is 627 g/mol. The summed E-state index contributed by atoms with van der Waals surface area (Å²) < 4.78 is 1.05. The van der Waals surface area contributed by atoms with Gasteiger partial charge < -0.3 is 30.6 Å². The number of hydrogen-bond acceptors (Lipinski definition) is 14. The van der Waals surface area contributed by atoms with Crippen LogP contribution in [0.25, 0.3) is 0 Å². The number of anilines is 1. The van der Waals surface area contributed by atoms with Crippen molar-refractivity contribution in [2.75, 3.05) is 30.0 Å². The number of thioether (sulfide) groups is 2. The molecule has 17 nitrogen and oxygen atoms in total. The first-order chi connectivity index (χ1) is 20.7. The van der Waals surface area contributed by atoms with Gasteiger partial charge in [0.1, 0.15) is 35.7 Å². The summed E-state index contributed by atoms with van der Waals surface area (Å²) in [6, 6.07) is -0.930. The molecule has 0 aliphatic carbocycles. The Morgan fingerprint density at radius 3 is 2.84 bits per heavy atom. The molecule has 4 N–H and O–H groups in total. The Hall–Kier alpha value is -3.78. The summed E-state index contributed by atoms with van der Waals surface area (Å²) in [4.78, 5) is 71.6. The van der Waals surface area contributed by atoms with Crippen molar-refractivity contribution in [2.24, 2.45) is 10.6 Å². The number of β-lactam (4-membered cyclic amide) rings is 1. The highest BCUT2D eigenvalue weighted by molar-refractivity contribution is 8.00. The molecule has 43 heavy (non-hydrogen) atoms. The fourth-order valence-corrected chi connectivity index (χ4v) is 7.65. The maximum absolute atomic E-state index is 13.3. The van der Waals surface area contributed by atoms with Crippen LogP contribution in [0.15, 0.2) is 15.7 Å². The van der Waals surface area contributed by atoms with Gasteiger partial charge in [0, 0.05) is 23.4 Å². The first-order valence-electron chi connectivity index (χ1n) is 13.1. The zero-order chi connectivity index (χ0) is 31.0. The number of tetrazole rings is 1. The van der Waals surface area contributed by atoms with E-state index in [2.05, 4.69) is 43.2 Å². The Labute approximate surface area is 257 Å². The number of aliphatic carboxylic acids is 2. The average Bonchev–Trinajstić information content (AvgIpc) is 3.63. The number of oxime groups is 1. The Bertz CT molecular complexity index is 1390. The number of fused-ring (bicyclic) bond motifs is 1.